The van der Waals surface area contributed by atoms with Crippen molar-refractivity contribution in [2.24, 2.45) is 5.92 Å². The summed E-state index contributed by atoms with van der Waals surface area (Å²) in [5.74, 6) is 0.892. The van der Waals surface area contributed by atoms with Crippen molar-refractivity contribution in [2.45, 2.75) is 25.4 Å². The lowest BCUT2D eigenvalue weighted by Gasteiger charge is -2.34. The molecular formula is C16H17BrClN3O. The lowest BCUT2D eigenvalue weighted by molar-refractivity contribution is -0.136. The number of carbonyl (C=O) groups is 1. The highest BCUT2D eigenvalue weighted by Crippen LogP contribution is 2.34. The maximum atomic E-state index is 12.9. The Hall–Kier alpha value is -1.33. The summed E-state index contributed by atoms with van der Waals surface area (Å²) in [5, 5.41) is 0. The topological polar surface area (TPSA) is 38.1 Å². The smallest absolute Gasteiger partial charge is 0.250 e. The van der Waals surface area contributed by atoms with Crippen molar-refractivity contribution in [3.63, 3.8) is 0 Å². The quantitative estimate of drug-likeness (QED) is 0.816. The van der Waals surface area contributed by atoms with E-state index in [2.05, 4.69) is 20.9 Å². The number of hydrogen-bond donors (Lipinski definition) is 0. The number of carbonyl (C=O) groups excluding carboxylic acids is 1. The van der Waals surface area contributed by atoms with Crippen LogP contribution in [-0.2, 0) is 11.3 Å². The second kappa shape index (κ2) is 6.05. The Balaban J connectivity index is 0.00000144. The van der Waals surface area contributed by atoms with E-state index in [4.69, 9.17) is 0 Å². The van der Waals surface area contributed by atoms with E-state index in [1.165, 1.54) is 12.8 Å². The fourth-order valence-corrected chi connectivity index (χ4v) is 3.23. The third-order valence-electron chi connectivity index (χ3n) is 4.28. The first-order valence-corrected chi connectivity index (χ1v) is 8.06. The Labute approximate surface area is 144 Å². The van der Waals surface area contributed by atoms with Gasteiger partial charge < -0.3 is 9.47 Å². The highest BCUT2D eigenvalue weighted by atomic mass is 79.9. The second-order valence-corrected chi connectivity index (χ2v) is 6.82. The second-order valence-electron chi connectivity index (χ2n) is 5.91. The Morgan fingerprint density at radius 3 is 2.64 bits per heavy atom. The molecule has 22 heavy (non-hydrogen) atoms. The summed E-state index contributed by atoms with van der Waals surface area (Å²) in [7, 11) is 0. The zero-order valence-corrected chi connectivity index (χ0v) is 14.4. The molecule has 0 spiro atoms. The molecule has 4 rings (SSSR count). The van der Waals surface area contributed by atoms with Gasteiger partial charge in [0.1, 0.15) is 6.04 Å². The van der Waals surface area contributed by atoms with Gasteiger partial charge >= 0.3 is 0 Å². The first-order chi connectivity index (χ1) is 10.2. The van der Waals surface area contributed by atoms with Gasteiger partial charge in [-0.3, -0.25) is 4.79 Å². The minimum Gasteiger partial charge on any atom is -0.334 e. The largest absolute Gasteiger partial charge is 0.334 e. The van der Waals surface area contributed by atoms with E-state index < -0.39 is 0 Å². The van der Waals surface area contributed by atoms with Crippen LogP contribution in [0.1, 0.15) is 30.1 Å². The minimum absolute atomic E-state index is 0. The number of amides is 1. The number of halogens is 2. The molecule has 1 amide bonds. The molecule has 1 aromatic carbocycles. The van der Waals surface area contributed by atoms with Crippen LogP contribution >= 0.6 is 28.3 Å². The average Bonchev–Trinajstić information content (AvgIpc) is 3.17. The van der Waals surface area contributed by atoms with Gasteiger partial charge in [-0.15, -0.1) is 12.4 Å². The molecule has 6 heteroatoms. The van der Waals surface area contributed by atoms with Crippen molar-refractivity contribution in [1.29, 1.82) is 0 Å². The standard InChI is InChI=1S/C16H16BrN3O.ClH/c17-13-5-3-12(4-6-13)15-16(21)19(8-11-1-2-11)9-14-7-18-10-20(14)15;/h3-7,10-11,15H,1-2,8-9H2;1H. The summed E-state index contributed by atoms with van der Waals surface area (Å²) in [6.07, 6.45) is 6.16. The molecule has 1 aliphatic carbocycles. The molecule has 116 valence electrons. The van der Waals surface area contributed by atoms with Gasteiger partial charge in [0.2, 0.25) is 0 Å². The molecule has 1 aromatic heterocycles. The van der Waals surface area contributed by atoms with Gasteiger partial charge in [-0.2, -0.15) is 0 Å². The maximum Gasteiger partial charge on any atom is 0.250 e. The number of imidazole rings is 1. The Morgan fingerprint density at radius 2 is 1.95 bits per heavy atom. The van der Waals surface area contributed by atoms with Gasteiger partial charge in [-0.05, 0) is 36.5 Å². The average molecular weight is 383 g/mol. The van der Waals surface area contributed by atoms with E-state index in [1.54, 1.807) is 6.33 Å². The molecule has 0 saturated heterocycles. The molecular weight excluding hydrogens is 366 g/mol. The fraction of sp³-hybridized carbons (Fsp3) is 0.375. The highest BCUT2D eigenvalue weighted by molar-refractivity contribution is 9.10. The predicted octanol–water partition coefficient (Wildman–Crippen LogP) is 3.41. The molecule has 1 unspecified atom stereocenters. The van der Waals surface area contributed by atoms with E-state index >= 15 is 0 Å². The van der Waals surface area contributed by atoms with Crippen LogP contribution in [0.15, 0.2) is 41.3 Å². The van der Waals surface area contributed by atoms with Crippen LogP contribution in [0.4, 0.5) is 0 Å². The molecule has 2 aliphatic rings. The molecule has 2 aromatic rings. The Kier molecular flexibility index (Phi) is 4.28. The zero-order valence-electron chi connectivity index (χ0n) is 12.0. The van der Waals surface area contributed by atoms with Gasteiger partial charge in [0.15, 0.2) is 0 Å². The van der Waals surface area contributed by atoms with Gasteiger partial charge in [0.05, 0.1) is 18.6 Å². The first kappa shape index (κ1) is 15.6. The van der Waals surface area contributed by atoms with Gasteiger partial charge in [0.25, 0.3) is 5.91 Å². The van der Waals surface area contributed by atoms with Gasteiger partial charge in [-0.1, -0.05) is 28.1 Å². The van der Waals surface area contributed by atoms with Crippen molar-refractivity contribution < 1.29 is 4.79 Å². The molecule has 1 saturated carbocycles. The Bertz CT molecular complexity index is 681. The predicted molar refractivity (Wildman–Crippen MR) is 89.9 cm³/mol. The number of aromatic nitrogens is 2. The first-order valence-electron chi connectivity index (χ1n) is 7.27. The van der Waals surface area contributed by atoms with E-state index in [9.17, 15) is 4.79 Å². The SMILES string of the molecule is Cl.O=C1C(c2ccc(Br)cc2)n2cncc2CN1CC1CC1. The minimum atomic E-state index is -0.275. The van der Waals surface area contributed by atoms with Crippen LogP contribution < -0.4 is 0 Å². The molecule has 2 heterocycles. The number of rotatable bonds is 3. The third-order valence-corrected chi connectivity index (χ3v) is 4.81. The van der Waals surface area contributed by atoms with Crippen molar-refractivity contribution in [2.75, 3.05) is 6.54 Å². The molecule has 1 aliphatic heterocycles. The zero-order chi connectivity index (χ0) is 14.4. The summed E-state index contributed by atoms with van der Waals surface area (Å²) in [5.41, 5.74) is 2.13. The summed E-state index contributed by atoms with van der Waals surface area (Å²) in [4.78, 5) is 19.1. The van der Waals surface area contributed by atoms with Crippen LogP contribution in [0.25, 0.3) is 0 Å². The molecule has 4 nitrogen and oxygen atoms in total. The molecule has 0 radical (unpaired) electrons. The molecule has 0 bridgehead atoms. The fourth-order valence-electron chi connectivity index (χ4n) is 2.97. The summed E-state index contributed by atoms with van der Waals surface area (Å²) < 4.78 is 3.03. The lowest BCUT2D eigenvalue weighted by Crippen LogP contribution is -2.43. The highest BCUT2D eigenvalue weighted by Gasteiger charge is 2.36. The van der Waals surface area contributed by atoms with Crippen LogP contribution in [-0.4, -0.2) is 26.9 Å². The van der Waals surface area contributed by atoms with Crippen LogP contribution in [0.2, 0.25) is 0 Å². The van der Waals surface area contributed by atoms with Crippen molar-refractivity contribution >= 4 is 34.2 Å². The lowest BCUT2D eigenvalue weighted by atomic mass is 10.0. The van der Waals surface area contributed by atoms with Crippen molar-refractivity contribution in [3.05, 3.63) is 52.5 Å². The molecule has 0 N–H and O–H groups in total. The van der Waals surface area contributed by atoms with Crippen LogP contribution in [0, 0.1) is 5.92 Å². The third kappa shape index (κ3) is 2.79. The summed E-state index contributed by atoms with van der Waals surface area (Å²) >= 11 is 3.45. The monoisotopic (exact) mass is 381 g/mol. The van der Waals surface area contributed by atoms with Gasteiger partial charge in [0, 0.05) is 17.2 Å². The summed E-state index contributed by atoms with van der Waals surface area (Å²) in [6.45, 7) is 1.57. The number of hydrogen-bond acceptors (Lipinski definition) is 2. The van der Waals surface area contributed by atoms with E-state index in [0.29, 0.717) is 12.5 Å². The van der Waals surface area contributed by atoms with E-state index in [-0.39, 0.29) is 24.4 Å². The number of benzene rings is 1. The van der Waals surface area contributed by atoms with Crippen LogP contribution in [0.3, 0.4) is 0 Å². The molecule has 1 fully saturated rings. The number of fused-ring (bicyclic) bond motifs is 1. The number of nitrogens with zero attached hydrogens (tertiary/aromatic N) is 3. The normalized spacial score (nSPS) is 20.5. The van der Waals surface area contributed by atoms with Crippen molar-refractivity contribution in [1.82, 2.24) is 14.5 Å². The Morgan fingerprint density at radius 1 is 1.23 bits per heavy atom. The van der Waals surface area contributed by atoms with E-state index in [0.717, 1.165) is 22.3 Å². The van der Waals surface area contributed by atoms with Crippen LogP contribution in [0.5, 0.6) is 0 Å². The molecule has 1 atom stereocenters. The van der Waals surface area contributed by atoms with Gasteiger partial charge in [-0.25, -0.2) is 4.98 Å². The maximum absolute atomic E-state index is 12.9. The summed E-state index contributed by atoms with van der Waals surface area (Å²) in [6, 6.07) is 7.72. The van der Waals surface area contributed by atoms with E-state index in [1.807, 2.05) is 39.9 Å². The van der Waals surface area contributed by atoms with Crippen molar-refractivity contribution in [3.8, 4) is 0 Å².